The summed E-state index contributed by atoms with van der Waals surface area (Å²) in [6.07, 6.45) is 7.28. The average Bonchev–Trinajstić information content (AvgIpc) is 3.55. The summed E-state index contributed by atoms with van der Waals surface area (Å²) in [4.78, 5) is 24.1. The van der Waals surface area contributed by atoms with Crippen LogP contribution in [-0.4, -0.2) is 41.9 Å². The monoisotopic (exact) mass is 425 g/mol. The molecule has 3 heterocycles. The van der Waals surface area contributed by atoms with Crippen molar-refractivity contribution in [1.29, 1.82) is 0 Å². The van der Waals surface area contributed by atoms with E-state index in [4.69, 9.17) is 5.73 Å². The fraction of sp³-hybridized carbons (Fsp3) is 0.0870. The van der Waals surface area contributed by atoms with Crippen molar-refractivity contribution < 1.29 is 9.59 Å². The lowest BCUT2D eigenvalue weighted by molar-refractivity contribution is 0.0985. The van der Waals surface area contributed by atoms with Crippen LogP contribution in [0.1, 0.15) is 32.0 Å². The minimum atomic E-state index is -0.458. The number of amides is 1. The maximum atomic E-state index is 12.9. The Hall–Kier alpha value is -4.53. The quantitative estimate of drug-likeness (QED) is 0.345. The van der Waals surface area contributed by atoms with Crippen LogP contribution in [0, 0.1) is 0 Å². The van der Waals surface area contributed by atoms with E-state index in [1.165, 1.54) is 0 Å². The molecule has 0 saturated heterocycles. The number of aromatic amines is 2. The zero-order valence-corrected chi connectivity index (χ0v) is 16.9. The average molecular weight is 425 g/mol. The van der Waals surface area contributed by atoms with E-state index in [2.05, 4.69) is 25.5 Å². The zero-order valence-electron chi connectivity index (χ0n) is 16.9. The number of carbonyl (C=O) groups is 2. The van der Waals surface area contributed by atoms with E-state index in [-0.39, 0.29) is 12.2 Å². The zero-order chi connectivity index (χ0) is 22.1. The van der Waals surface area contributed by atoms with Gasteiger partial charge >= 0.3 is 0 Å². The van der Waals surface area contributed by atoms with Crippen molar-refractivity contribution in [2.24, 2.45) is 5.73 Å². The van der Waals surface area contributed by atoms with Crippen molar-refractivity contribution in [3.8, 4) is 11.1 Å². The molecule has 5 aromatic rings. The van der Waals surface area contributed by atoms with Crippen LogP contribution in [0.5, 0.6) is 0 Å². The molecule has 0 aliphatic heterocycles. The molecule has 0 spiro atoms. The first-order valence-corrected chi connectivity index (χ1v) is 9.97. The van der Waals surface area contributed by atoms with E-state index < -0.39 is 5.91 Å². The summed E-state index contributed by atoms with van der Waals surface area (Å²) < 4.78 is 1.75. The lowest BCUT2D eigenvalue weighted by Crippen LogP contribution is -2.10. The van der Waals surface area contributed by atoms with Gasteiger partial charge in [-0.1, -0.05) is 18.2 Å². The van der Waals surface area contributed by atoms with Crippen molar-refractivity contribution in [2.45, 2.75) is 13.0 Å². The second kappa shape index (κ2) is 7.95. The van der Waals surface area contributed by atoms with E-state index in [0.717, 1.165) is 33.2 Å². The van der Waals surface area contributed by atoms with E-state index in [1.54, 1.807) is 29.2 Å². The molecule has 0 unspecified atom stereocenters. The number of rotatable bonds is 7. The molecule has 0 aliphatic carbocycles. The number of hydrogen-bond donors (Lipinski definition) is 3. The topological polar surface area (TPSA) is 135 Å². The molecule has 0 atom stereocenters. The molecule has 2 aromatic carbocycles. The summed E-state index contributed by atoms with van der Waals surface area (Å²) in [6.45, 7) is 0.523. The molecule has 1 amide bonds. The lowest BCUT2D eigenvalue weighted by atomic mass is 10.0. The van der Waals surface area contributed by atoms with Crippen LogP contribution in [0.3, 0.4) is 0 Å². The fourth-order valence-corrected chi connectivity index (χ4v) is 3.64. The molecule has 4 N–H and O–H groups in total. The van der Waals surface area contributed by atoms with Crippen LogP contribution in [-0.2, 0) is 13.0 Å². The predicted octanol–water partition coefficient (Wildman–Crippen LogP) is 2.72. The van der Waals surface area contributed by atoms with Gasteiger partial charge in [0.05, 0.1) is 24.5 Å². The first-order chi connectivity index (χ1) is 15.6. The van der Waals surface area contributed by atoms with Gasteiger partial charge in [-0.25, -0.2) is 0 Å². The minimum Gasteiger partial charge on any atom is -0.366 e. The van der Waals surface area contributed by atoms with Crippen LogP contribution >= 0.6 is 0 Å². The van der Waals surface area contributed by atoms with Gasteiger partial charge in [-0.05, 0) is 41.0 Å². The van der Waals surface area contributed by atoms with Crippen molar-refractivity contribution in [3.63, 3.8) is 0 Å². The number of nitrogens with one attached hydrogen (secondary N) is 2. The molecule has 5 rings (SSSR count). The number of Topliss-reactive ketones (excluding diaryl/α,β-unsaturated/α-hetero) is 1. The number of hydrogen-bond acceptors (Lipinski definition) is 5. The Morgan fingerprint density at radius 2 is 1.84 bits per heavy atom. The molecule has 158 valence electrons. The largest absolute Gasteiger partial charge is 0.366 e. The number of nitrogens with two attached hydrogens (primary N) is 1. The molecule has 9 nitrogen and oxygen atoms in total. The van der Waals surface area contributed by atoms with Gasteiger partial charge in [0.2, 0.25) is 5.91 Å². The van der Waals surface area contributed by atoms with Crippen LogP contribution in [0.4, 0.5) is 0 Å². The number of fused-ring (bicyclic) bond motifs is 1. The minimum absolute atomic E-state index is 0.0855. The Bertz CT molecular complexity index is 1410. The third kappa shape index (κ3) is 3.79. The third-order valence-electron chi connectivity index (χ3n) is 5.29. The fourth-order valence-electron chi connectivity index (χ4n) is 3.64. The van der Waals surface area contributed by atoms with Crippen molar-refractivity contribution in [1.82, 2.24) is 30.2 Å². The summed E-state index contributed by atoms with van der Waals surface area (Å²) in [5, 5.41) is 19.1. The maximum absolute atomic E-state index is 12.9. The van der Waals surface area contributed by atoms with Gasteiger partial charge in [0.1, 0.15) is 5.69 Å². The highest BCUT2D eigenvalue weighted by Crippen LogP contribution is 2.25. The molecular formula is C23H19N7O2. The van der Waals surface area contributed by atoms with Gasteiger partial charge in [0.15, 0.2) is 5.78 Å². The Kier molecular flexibility index (Phi) is 4.83. The number of H-pyrrole nitrogens is 2. The van der Waals surface area contributed by atoms with Crippen LogP contribution < -0.4 is 5.73 Å². The van der Waals surface area contributed by atoms with E-state index in [0.29, 0.717) is 17.8 Å². The smallest absolute Gasteiger partial charge is 0.248 e. The maximum Gasteiger partial charge on any atom is 0.248 e. The summed E-state index contributed by atoms with van der Waals surface area (Å²) >= 11 is 0. The first-order valence-electron chi connectivity index (χ1n) is 9.97. The molecule has 0 aliphatic rings. The highest BCUT2D eigenvalue weighted by molar-refractivity contribution is 6.07. The third-order valence-corrected chi connectivity index (χ3v) is 5.29. The van der Waals surface area contributed by atoms with Crippen molar-refractivity contribution in [2.75, 3.05) is 0 Å². The number of primary amides is 1. The summed E-state index contributed by atoms with van der Waals surface area (Å²) in [7, 11) is 0. The number of carbonyl (C=O) groups excluding carboxylic acids is 2. The second-order valence-electron chi connectivity index (χ2n) is 7.53. The Morgan fingerprint density at radius 3 is 2.59 bits per heavy atom. The Labute approximate surface area is 182 Å². The van der Waals surface area contributed by atoms with Crippen LogP contribution in [0.25, 0.3) is 22.0 Å². The Balaban J connectivity index is 1.29. The second-order valence-corrected chi connectivity index (χ2v) is 7.53. The molecule has 0 bridgehead atoms. The molecule has 32 heavy (non-hydrogen) atoms. The molecule has 0 saturated carbocycles. The van der Waals surface area contributed by atoms with Crippen molar-refractivity contribution in [3.05, 3.63) is 89.6 Å². The summed E-state index contributed by atoms with van der Waals surface area (Å²) in [6, 6.07) is 12.8. The SMILES string of the molecule is NC(=O)c1ccc(Cn2cc(CC(=O)c3n[nH]c4cc(-c5cn[nH]c5)ccc34)cn2)cc1. The predicted molar refractivity (Wildman–Crippen MR) is 118 cm³/mol. The summed E-state index contributed by atoms with van der Waals surface area (Å²) in [5.74, 6) is -0.544. The molecular weight excluding hydrogens is 406 g/mol. The standard InChI is InChI=1S/C23H19N7O2/c24-23(32)16-3-1-14(2-4-16)12-30-13-15(9-27-30)7-21(31)22-19-6-5-17(8-20(19)28-29-22)18-10-25-26-11-18/h1-6,8-11,13H,7,12H2,(H2,24,32)(H,25,26)(H,28,29). The van der Waals surface area contributed by atoms with Crippen LogP contribution in [0.15, 0.2) is 67.3 Å². The van der Waals surface area contributed by atoms with Gasteiger partial charge < -0.3 is 5.73 Å². The molecule has 3 aromatic heterocycles. The molecule has 0 fully saturated rings. The Morgan fingerprint density at radius 1 is 1.00 bits per heavy atom. The van der Waals surface area contributed by atoms with Gasteiger partial charge in [0.25, 0.3) is 0 Å². The highest BCUT2D eigenvalue weighted by atomic mass is 16.1. The lowest BCUT2D eigenvalue weighted by Gasteiger charge is -2.03. The van der Waals surface area contributed by atoms with E-state index in [1.807, 2.05) is 42.7 Å². The van der Waals surface area contributed by atoms with Crippen LogP contribution in [0.2, 0.25) is 0 Å². The van der Waals surface area contributed by atoms with Gasteiger partial charge in [-0.3, -0.25) is 24.5 Å². The van der Waals surface area contributed by atoms with E-state index >= 15 is 0 Å². The summed E-state index contributed by atoms with van der Waals surface area (Å²) in [5.41, 5.74) is 10.7. The number of ketones is 1. The van der Waals surface area contributed by atoms with E-state index in [9.17, 15) is 9.59 Å². The molecule has 0 radical (unpaired) electrons. The van der Waals surface area contributed by atoms with Crippen molar-refractivity contribution >= 4 is 22.6 Å². The number of aromatic nitrogens is 6. The first kappa shape index (κ1) is 19.4. The van der Waals surface area contributed by atoms with Gasteiger partial charge in [-0.2, -0.15) is 15.3 Å². The van der Waals surface area contributed by atoms with Gasteiger partial charge in [0, 0.05) is 35.3 Å². The highest BCUT2D eigenvalue weighted by Gasteiger charge is 2.16. The van der Waals surface area contributed by atoms with Gasteiger partial charge in [-0.15, -0.1) is 0 Å². The number of nitrogens with zero attached hydrogens (tertiary/aromatic N) is 4. The number of benzene rings is 2. The molecule has 9 heteroatoms. The normalized spacial score (nSPS) is 11.1.